The van der Waals surface area contributed by atoms with Gasteiger partial charge in [0.15, 0.2) is 6.61 Å². The van der Waals surface area contributed by atoms with Crippen LogP contribution in [-0.4, -0.2) is 40.4 Å². The lowest BCUT2D eigenvalue weighted by atomic mass is 10.2. The molecule has 0 N–H and O–H groups in total. The molecule has 0 atom stereocenters. The Labute approximate surface area is 145 Å². The van der Waals surface area contributed by atoms with E-state index in [1.54, 1.807) is 25.0 Å². The van der Waals surface area contributed by atoms with Crippen molar-refractivity contribution in [2.24, 2.45) is 7.05 Å². The molecule has 0 saturated heterocycles. The zero-order chi connectivity index (χ0) is 17.9. The van der Waals surface area contributed by atoms with Crippen LogP contribution in [0.1, 0.15) is 16.1 Å². The average molecular weight is 406 g/mol. The molecule has 1 amide bonds. The fourth-order valence-corrected chi connectivity index (χ4v) is 2.49. The number of alkyl halides is 3. The molecule has 0 aliphatic carbocycles. The van der Waals surface area contributed by atoms with Gasteiger partial charge in [-0.2, -0.15) is 18.3 Å². The van der Waals surface area contributed by atoms with Gasteiger partial charge in [-0.05, 0) is 34.1 Å². The number of hydrogen-bond acceptors (Lipinski definition) is 3. The number of halogens is 4. The summed E-state index contributed by atoms with van der Waals surface area (Å²) in [4.78, 5) is 13.9. The monoisotopic (exact) mass is 405 g/mol. The third-order valence-corrected chi connectivity index (χ3v) is 3.89. The van der Waals surface area contributed by atoms with Crippen molar-refractivity contribution in [3.05, 3.63) is 46.2 Å². The largest absolute Gasteiger partial charge is 0.484 e. The van der Waals surface area contributed by atoms with E-state index in [0.29, 0.717) is 6.54 Å². The molecule has 2 rings (SSSR count). The highest BCUT2D eigenvalue weighted by molar-refractivity contribution is 9.10. The fourth-order valence-electron chi connectivity index (χ4n) is 2.01. The molecule has 0 saturated carbocycles. The Morgan fingerprint density at radius 3 is 2.71 bits per heavy atom. The van der Waals surface area contributed by atoms with Crippen LogP contribution in [0.15, 0.2) is 34.9 Å². The second-order valence-corrected chi connectivity index (χ2v) is 6.01. The minimum atomic E-state index is -4.43. The molecule has 0 radical (unpaired) electrons. The third-order valence-electron chi connectivity index (χ3n) is 3.23. The Morgan fingerprint density at radius 1 is 1.42 bits per heavy atom. The van der Waals surface area contributed by atoms with Crippen molar-refractivity contribution in [1.29, 1.82) is 0 Å². The van der Waals surface area contributed by atoms with Crippen LogP contribution in [0.3, 0.4) is 0 Å². The molecule has 1 heterocycles. The van der Waals surface area contributed by atoms with E-state index >= 15 is 0 Å². The van der Waals surface area contributed by atoms with Crippen LogP contribution in [-0.2, 0) is 13.6 Å². The first-order valence-corrected chi connectivity index (χ1v) is 7.68. The van der Waals surface area contributed by atoms with Crippen LogP contribution in [0.25, 0.3) is 0 Å². The molecule has 0 aliphatic rings. The van der Waals surface area contributed by atoms with Crippen LogP contribution in [0, 0.1) is 0 Å². The van der Waals surface area contributed by atoms with Gasteiger partial charge in [-0.15, -0.1) is 0 Å². The lowest BCUT2D eigenvalue weighted by Crippen LogP contribution is -2.27. The van der Waals surface area contributed by atoms with E-state index < -0.39 is 12.8 Å². The number of carbonyl (C=O) groups is 1. The highest BCUT2D eigenvalue weighted by atomic mass is 79.9. The molecule has 1 aromatic carbocycles. The predicted octanol–water partition coefficient (Wildman–Crippen LogP) is 3.40. The van der Waals surface area contributed by atoms with Crippen molar-refractivity contribution in [1.82, 2.24) is 14.7 Å². The van der Waals surface area contributed by atoms with Gasteiger partial charge in [0, 0.05) is 19.7 Å². The standard InChI is InChI=1S/C15H15BrF3N3O2/c1-21(8-13-12(16)7-20-22(13)2)14(23)10-4-3-5-11(6-10)24-9-15(17,18)19/h3-7H,8-9H2,1-2H3. The predicted molar refractivity (Wildman–Crippen MR) is 84.7 cm³/mol. The summed E-state index contributed by atoms with van der Waals surface area (Å²) < 4.78 is 43.7. The van der Waals surface area contributed by atoms with Gasteiger partial charge in [0.25, 0.3) is 5.91 Å². The second-order valence-electron chi connectivity index (χ2n) is 5.16. The van der Waals surface area contributed by atoms with E-state index in [1.165, 1.54) is 29.2 Å². The van der Waals surface area contributed by atoms with Gasteiger partial charge in [-0.1, -0.05) is 6.07 Å². The molecule has 9 heteroatoms. The number of rotatable bonds is 5. The van der Waals surface area contributed by atoms with Crippen molar-refractivity contribution in [3.8, 4) is 5.75 Å². The van der Waals surface area contributed by atoms with Crippen LogP contribution in [0.5, 0.6) is 5.75 Å². The lowest BCUT2D eigenvalue weighted by Gasteiger charge is -2.18. The fraction of sp³-hybridized carbons (Fsp3) is 0.333. The van der Waals surface area contributed by atoms with Crippen molar-refractivity contribution in [2.75, 3.05) is 13.7 Å². The van der Waals surface area contributed by atoms with Gasteiger partial charge in [-0.3, -0.25) is 9.48 Å². The average Bonchev–Trinajstić information content (AvgIpc) is 2.83. The van der Waals surface area contributed by atoms with Crippen LogP contribution >= 0.6 is 15.9 Å². The summed E-state index contributed by atoms with van der Waals surface area (Å²) in [6.07, 6.45) is -2.80. The normalized spacial score (nSPS) is 11.4. The first-order chi connectivity index (χ1) is 11.2. The minimum absolute atomic E-state index is 0.00621. The number of carbonyl (C=O) groups excluding carboxylic acids is 1. The first kappa shape index (κ1) is 18.3. The number of nitrogens with zero attached hydrogens (tertiary/aromatic N) is 3. The van der Waals surface area contributed by atoms with Gasteiger partial charge in [-0.25, -0.2) is 0 Å². The van der Waals surface area contributed by atoms with Crippen molar-refractivity contribution < 1.29 is 22.7 Å². The summed E-state index contributed by atoms with van der Waals surface area (Å²) >= 11 is 3.35. The number of amides is 1. The second kappa shape index (κ2) is 7.25. The van der Waals surface area contributed by atoms with Crippen molar-refractivity contribution in [2.45, 2.75) is 12.7 Å². The van der Waals surface area contributed by atoms with E-state index in [-0.39, 0.29) is 17.2 Å². The number of aromatic nitrogens is 2. The Bertz CT molecular complexity index is 711. The van der Waals surface area contributed by atoms with Crippen molar-refractivity contribution >= 4 is 21.8 Å². The molecule has 0 fully saturated rings. The van der Waals surface area contributed by atoms with Crippen molar-refractivity contribution in [3.63, 3.8) is 0 Å². The number of ether oxygens (including phenoxy) is 1. The van der Waals surface area contributed by atoms with Gasteiger partial charge in [0.2, 0.25) is 0 Å². The third kappa shape index (κ3) is 4.73. The van der Waals surface area contributed by atoms with Gasteiger partial charge < -0.3 is 9.64 Å². The molecular weight excluding hydrogens is 391 g/mol. The molecule has 24 heavy (non-hydrogen) atoms. The molecule has 0 bridgehead atoms. The number of benzene rings is 1. The van der Waals surface area contributed by atoms with E-state index in [2.05, 4.69) is 25.8 Å². The maximum absolute atomic E-state index is 12.5. The van der Waals surface area contributed by atoms with E-state index in [0.717, 1.165) is 10.2 Å². The molecule has 1 aromatic heterocycles. The minimum Gasteiger partial charge on any atom is -0.484 e. The van der Waals surface area contributed by atoms with E-state index in [9.17, 15) is 18.0 Å². The van der Waals surface area contributed by atoms with Gasteiger partial charge in [0.1, 0.15) is 5.75 Å². The maximum atomic E-state index is 12.5. The van der Waals surface area contributed by atoms with Gasteiger partial charge in [0.05, 0.1) is 22.9 Å². The van der Waals surface area contributed by atoms with E-state index in [4.69, 9.17) is 0 Å². The molecule has 130 valence electrons. The Kier molecular flexibility index (Phi) is 5.53. The molecular formula is C15H15BrF3N3O2. The zero-order valence-electron chi connectivity index (χ0n) is 13.0. The SMILES string of the molecule is CN(Cc1c(Br)cnn1C)C(=O)c1cccc(OCC(F)(F)F)c1. The van der Waals surface area contributed by atoms with Crippen LogP contribution < -0.4 is 4.74 Å². The number of aryl methyl sites for hydroxylation is 1. The summed E-state index contributed by atoms with van der Waals surface area (Å²) in [6.45, 7) is -1.11. The lowest BCUT2D eigenvalue weighted by molar-refractivity contribution is -0.153. The Balaban J connectivity index is 2.09. The summed E-state index contributed by atoms with van der Waals surface area (Å²) in [5, 5.41) is 4.07. The zero-order valence-corrected chi connectivity index (χ0v) is 14.6. The summed E-state index contributed by atoms with van der Waals surface area (Å²) in [6, 6.07) is 5.67. The molecule has 0 unspecified atom stereocenters. The van der Waals surface area contributed by atoms with Crippen LogP contribution in [0.4, 0.5) is 13.2 Å². The highest BCUT2D eigenvalue weighted by Gasteiger charge is 2.28. The topological polar surface area (TPSA) is 47.4 Å². The highest BCUT2D eigenvalue weighted by Crippen LogP contribution is 2.21. The van der Waals surface area contributed by atoms with E-state index in [1.807, 2.05) is 0 Å². The molecule has 5 nitrogen and oxygen atoms in total. The summed E-state index contributed by atoms with van der Waals surface area (Å²) in [5.74, 6) is -0.339. The molecule has 0 spiro atoms. The summed E-state index contributed by atoms with van der Waals surface area (Å²) in [7, 11) is 3.36. The Morgan fingerprint density at radius 2 is 2.12 bits per heavy atom. The van der Waals surface area contributed by atoms with Crippen LogP contribution in [0.2, 0.25) is 0 Å². The Hall–Kier alpha value is -2.03. The quantitative estimate of drug-likeness (QED) is 0.765. The molecule has 0 aliphatic heterocycles. The maximum Gasteiger partial charge on any atom is 0.422 e. The van der Waals surface area contributed by atoms with Gasteiger partial charge >= 0.3 is 6.18 Å². The first-order valence-electron chi connectivity index (χ1n) is 6.89. The molecule has 2 aromatic rings. The smallest absolute Gasteiger partial charge is 0.422 e. The summed E-state index contributed by atoms with van der Waals surface area (Å²) in [5.41, 5.74) is 1.05. The number of hydrogen-bond donors (Lipinski definition) is 0.